The van der Waals surface area contributed by atoms with E-state index < -0.39 is 12.1 Å². The summed E-state index contributed by atoms with van der Waals surface area (Å²) in [5.41, 5.74) is 1.02. The molecule has 0 spiro atoms. The molecule has 174 valence electrons. The number of carboxylic acids is 1. The van der Waals surface area contributed by atoms with Gasteiger partial charge in [-0.1, -0.05) is 6.07 Å². The van der Waals surface area contributed by atoms with Crippen molar-refractivity contribution in [2.24, 2.45) is 0 Å². The van der Waals surface area contributed by atoms with Crippen molar-refractivity contribution in [3.8, 4) is 5.75 Å². The van der Waals surface area contributed by atoms with Crippen LogP contribution in [0.4, 0.5) is 13.2 Å². The van der Waals surface area contributed by atoms with E-state index in [4.69, 9.17) is 14.6 Å². The van der Waals surface area contributed by atoms with Crippen molar-refractivity contribution < 1.29 is 32.6 Å². The fourth-order valence-electron chi connectivity index (χ4n) is 3.30. The number of methoxy groups -OCH3 is 1. The Kier molecular flexibility index (Phi) is 6.95. The number of aliphatic carboxylic acids is 1. The van der Waals surface area contributed by atoms with Gasteiger partial charge in [0.15, 0.2) is 0 Å². The van der Waals surface area contributed by atoms with Gasteiger partial charge in [0.1, 0.15) is 11.6 Å². The zero-order chi connectivity index (χ0) is 24.2. The molecule has 33 heavy (non-hydrogen) atoms. The number of aromatic amines is 1. The number of nitrogens with zero attached hydrogens (tertiary/aromatic N) is 3. The first kappa shape index (κ1) is 23.7. The Labute approximate surface area is 184 Å². The largest absolute Gasteiger partial charge is 0.497 e. The van der Waals surface area contributed by atoms with E-state index in [2.05, 4.69) is 15.0 Å². The number of rotatable bonds is 3. The minimum Gasteiger partial charge on any atom is -0.497 e. The van der Waals surface area contributed by atoms with Crippen LogP contribution in [0.15, 0.2) is 47.5 Å². The normalized spacial score (nSPS) is 15.6. The van der Waals surface area contributed by atoms with Crippen LogP contribution in [0.2, 0.25) is 0 Å². The third-order valence-electron chi connectivity index (χ3n) is 4.95. The molecule has 0 radical (unpaired) electrons. The maximum Gasteiger partial charge on any atom is 0.490 e. The van der Waals surface area contributed by atoms with Crippen molar-refractivity contribution in [2.75, 3.05) is 20.2 Å². The smallest absolute Gasteiger partial charge is 0.490 e. The van der Waals surface area contributed by atoms with Gasteiger partial charge in [-0.2, -0.15) is 13.2 Å². The molecular formula is C21H19F3N4O5. The van der Waals surface area contributed by atoms with Gasteiger partial charge in [-0.05, 0) is 30.7 Å². The summed E-state index contributed by atoms with van der Waals surface area (Å²) in [6.07, 6.45) is -1.20. The number of ether oxygens (including phenoxy) is 1. The summed E-state index contributed by atoms with van der Waals surface area (Å²) < 4.78 is 36.9. The van der Waals surface area contributed by atoms with Gasteiger partial charge in [-0.3, -0.25) is 14.6 Å². The number of halogens is 3. The lowest BCUT2D eigenvalue weighted by atomic mass is 10.1. The van der Waals surface area contributed by atoms with Crippen LogP contribution in [0, 0.1) is 0 Å². The number of aromatic nitrogens is 3. The molecular weight excluding hydrogens is 445 g/mol. The first-order valence-corrected chi connectivity index (χ1v) is 9.67. The molecule has 3 heterocycles. The molecule has 0 aliphatic carbocycles. The van der Waals surface area contributed by atoms with Crippen molar-refractivity contribution in [3.63, 3.8) is 0 Å². The summed E-state index contributed by atoms with van der Waals surface area (Å²) in [7, 11) is 1.58. The van der Waals surface area contributed by atoms with Gasteiger partial charge in [0.05, 0.1) is 18.0 Å². The monoisotopic (exact) mass is 464 g/mol. The van der Waals surface area contributed by atoms with E-state index in [0.29, 0.717) is 41.1 Å². The highest BCUT2D eigenvalue weighted by atomic mass is 19.4. The number of benzene rings is 1. The summed E-state index contributed by atoms with van der Waals surface area (Å²) in [6, 6.07) is 8.85. The molecule has 0 saturated carbocycles. The number of carboxylic acid groups (broad SMARTS) is 1. The van der Waals surface area contributed by atoms with E-state index in [1.165, 1.54) is 6.20 Å². The molecule has 12 heteroatoms. The van der Waals surface area contributed by atoms with Gasteiger partial charge >= 0.3 is 12.1 Å². The molecule has 1 saturated heterocycles. The minimum atomic E-state index is -5.08. The molecule has 1 fully saturated rings. The van der Waals surface area contributed by atoms with Crippen LogP contribution in [0.25, 0.3) is 10.9 Å². The molecule has 2 N–H and O–H groups in total. The number of hydrogen-bond acceptors (Lipinski definition) is 6. The molecule has 1 aromatic carbocycles. The standard InChI is InChI=1S/C19H18N4O3.C2HF3O2/c1-26-14-4-2-3-12(9-14)19(25)23-8-6-13(11-23)17-21-16-5-7-20-10-15(16)18(24)22-17;3-2(4,5)1(6)7/h2-5,7,9-10,13H,6,8,11H2,1H3,(H,21,22,24);(H,6,7). The lowest BCUT2D eigenvalue weighted by Gasteiger charge is -2.17. The van der Waals surface area contributed by atoms with Gasteiger partial charge in [0.2, 0.25) is 0 Å². The Balaban J connectivity index is 0.000000383. The number of carbonyl (C=O) groups excluding carboxylic acids is 1. The molecule has 1 aliphatic heterocycles. The summed E-state index contributed by atoms with van der Waals surface area (Å²) >= 11 is 0. The summed E-state index contributed by atoms with van der Waals surface area (Å²) in [5, 5.41) is 7.60. The Morgan fingerprint density at radius 3 is 2.67 bits per heavy atom. The van der Waals surface area contributed by atoms with E-state index in [1.807, 2.05) is 6.07 Å². The minimum absolute atomic E-state index is 0.00910. The highest BCUT2D eigenvalue weighted by Gasteiger charge is 2.38. The number of pyridine rings is 1. The molecule has 4 rings (SSSR count). The van der Waals surface area contributed by atoms with Crippen molar-refractivity contribution in [1.82, 2.24) is 19.9 Å². The first-order chi connectivity index (χ1) is 15.6. The topological polar surface area (TPSA) is 125 Å². The van der Waals surface area contributed by atoms with Crippen molar-refractivity contribution in [3.05, 3.63) is 64.5 Å². The third kappa shape index (κ3) is 5.64. The maximum absolute atomic E-state index is 12.7. The Morgan fingerprint density at radius 1 is 1.27 bits per heavy atom. The molecule has 2 aromatic heterocycles. The van der Waals surface area contributed by atoms with Crippen LogP contribution < -0.4 is 10.3 Å². The molecule has 9 nitrogen and oxygen atoms in total. The van der Waals surface area contributed by atoms with Gasteiger partial charge in [0, 0.05) is 37.0 Å². The van der Waals surface area contributed by atoms with Gasteiger partial charge < -0.3 is 19.7 Å². The number of hydrogen-bond donors (Lipinski definition) is 2. The van der Waals surface area contributed by atoms with Crippen LogP contribution in [0.5, 0.6) is 5.75 Å². The predicted octanol–water partition coefficient (Wildman–Crippen LogP) is 2.59. The average Bonchev–Trinajstić information content (AvgIpc) is 3.29. The molecule has 1 amide bonds. The number of fused-ring (bicyclic) bond motifs is 1. The van der Waals surface area contributed by atoms with E-state index in [0.717, 1.165) is 6.42 Å². The zero-order valence-corrected chi connectivity index (χ0v) is 17.3. The second kappa shape index (κ2) is 9.67. The Bertz CT molecular complexity index is 1230. The number of alkyl halides is 3. The highest BCUT2D eigenvalue weighted by molar-refractivity contribution is 5.94. The Hall–Kier alpha value is -3.96. The van der Waals surface area contributed by atoms with Gasteiger partial charge in [0.25, 0.3) is 11.5 Å². The predicted molar refractivity (Wildman–Crippen MR) is 110 cm³/mol. The van der Waals surface area contributed by atoms with E-state index in [-0.39, 0.29) is 17.4 Å². The average molecular weight is 464 g/mol. The first-order valence-electron chi connectivity index (χ1n) is 9.67. The van der Waals surface area contributed by atoms with Crippen LogP contribution in [-0.4, -0.2) is 63.2 Å². The van der Waals surface area contributed by atoms with Crippen molar-refractivity contribution in [2.45, 2.75) is 18.5 Å². The second-order valence-electron chi connectivity index (χ2n) is 7.12. The summed E-state index contributed by atoms with van der Waals surface area (Å²) in [4.78, 5) is 47.0. The number of likely N-dealkylation sites (tertiary alicyclic amines) is 1. The SMILES string of the molecule is COc1cccc(C(=O)N2CCC(c3nc4ccncc4c(=O)[nH]3)C2)c1.O=C(O)C(F)(F)F. The second-order valence-corrected chi connectivity index (χ2v) is 7.12. The Morgan fingerprint density at radius 2 is 2.00 bits per heavy atom. The summed E-state index contributed by atoms with van der Waals surface area (Å²) in [5.74, 6) is -1.52. The molecule has 1 aliphatic rings. The summed E-state index contributed by atoms with van der Waals surface area (Å²) in [6.45, 7) is 1.15. The lowest BCUT2D eigenvalue weighted by molar-refractivity contribution is -0.192. The quantitative estimate of drug-likeness (QED) is 0.610. The van der Waals surface area contributed by atoms with E-state index in [9.17, 15) is 22.8 Å². The van der Waals surface area contributed by atoms with Crippen LogP contribution >= 0.6 is 0 Å². The molecule has 0 bridgehead atoms. The molecule has 1 unspecified atom stereocenters. The van der Waals surface area contributed by atoms with Crippen LogP contribution in [-0.2, 0) is 4.79 Å². The fraction of sp³-hybridized carbons (Fsp3) is 0.286. The molecule has 3 aromatic rings. The fourth-order valence-corrected chi connectivity index (χ4v) is 3.30. The van der Waals surface area contributed by atoms with Crippen molar-refractivity contribution in [1.29, 1.82) is 0 Å². The van der Waals surface area contributed by atoms with Gasteiger partial charge in [-0.15, -0.1) is 0 Å². The number of nitrogens with one attached hydrogen (secondary N) is 1. The van der Waals surface area contributed by atoms with E-state index >= 15 is 0 Å². The highest BCUT2D eigenvalue weighted by Crippen LogP contribution is 2.26. The molecule has 1 atom stereocenters. The lowest BCUT2D eigenvalue weighted by Crippen LogP contribution is -2.28. The van der Waals surface area contributed by atoms with Crippen molar-refractivity contribution >= 4 is 22.8 Å². The van der Waals surface area contributed by atoms with Gasteiger partial charge in [-0.25, -0.2) is 9.78 Å². The maximum atomic E-state index is 12.7. The zero-order valence-electron chi connectivity index (χ0n) is 17.3. The number of carbonyl (C=O) groups is 2. The van der Waals surface area contributed by atoms with Crippen LogP contribution in [0.3, 0.4) is 0 Å². The number of amides is 1. The third-order valence-corrected chi connectivity index (χ3v) is 4.95. The van der Waals surface area contributed by atoms with Crippen LogP contribution in [0.1, 0.15) is 28.5 Å². The van der Waals surface area contributed by atoms with E-state index in [1.54, 1.807) is 42.5 Å². The number of H-pyrrole nitrogens is 1.